The third kappa shape index (κ3) is 3.12. The number of aliphatic hydroxyl groups is 1. The Labute approximate surface area is 173 Å². The molecule has 0 saturated heterocycles. The van der Waals surface area contributed by atoms with Crippen molar-refractivity contribution in [2.75, 3.05) is 29.1 Å². The van der Waals surface area contributed by atoms with Crippen molar-refractivity contribution < 1.29 is 9.32 Å². The summed E-state index contributed by atoms with van der Waals surface area (Å²) in [6, 6.07) is 2.21. The van der Waals surface area contributed by atoms with E-state index in [-0.39, 0.29) is 12.1 Å². The molecule has 0 bridgehead atoms. The normalized spacial score (nSPS) is 22.9. The number of halogens is 1. The zero-order valence-electron chi connectivity index (χ0n) is 14.8. The fourth-order valence-corrected chi connectivity index (χ4v) is 7.16. The molecule has 2 N–H and O–H groups in total. The van der Waals surface area contributed by atoms with Crippen molar-refractivity contribution in [1.82, 2.24) is 9.97 Å². The summed E-state index contributed by atoms with van der Waals surface area (Å²) in [7, 11) is -1.06. The van der Waals surface area contributed by atoms with Gasteiger partial charge in [-0.2, -0.15) is 4.98 Å². The number of rotatable bonds is 4. The second-order valence-electron chi connectivity index (χ2n) is 7.54. The molecule has 0 amide bonds. The monoisotopic (exact) mass is 468 g/mol. The van der Waals surface area contributed by atoms with Crippen molar-refractivity contribution >= 4 is 49.8 Å². The molecule has 3 aliphatic rings. The molecule has 4 heterocycles. The van der Waals surface area contributed by atoms with E-state index in [2.05, 4.69) is 32.2 Å². The lowest BCUT2D eigenvalue weighted by Gasteiger charge is -2.41. The lowest BCUT2D eigenvalue weighted by atomic mass is 9.77. The molecule has 9 heteroatoms. The molecule has 0 unspecified atom stereocenters. The van der Waals surface area contributed by atoms with Gasteiger partial charge in [-0.3, -0.25) is 4.21 Å². The Morgan fingerprint density at radius 2 is 2.22 bits per heavy atom. The van der Waals surface area contributed by atoms with E-state index in [0.717, 1.165) is 59.6 Å². The van der Waals surface area contributed by atoms with Gasteiger partial charge in [0.1, 0.15) is 10.7 Å². The van der Waals surface area contributed by atoms with Crippen LogP contribution >= 0.6 is 27.3 Å². The van der Waals surface area contributed by atoms with Gasteiger partial charge in [0.05, 0.1) is 39.0 Å². The predicted molar refractivity (Wildman–Crippen MR) is 111 cm³/mol. The summed E-state index contributed by atoms with van der Waals surface area (Å²) in [6.07, 6.45) is 4.63. The molecule has 5 rings (SSSR count). The van der Waals surface area contributed by atoms with Gasteiger partial charge in [0.2, 0.25) is 5.95 Å². The Kier molecular flexibility index (Phi) is 4.53. The number of nitrogens with one attached hydrogen (secondary N) is 1. The first-order valence-electron chi connectivity index (χ1n) is 9.27. The number of fused-ring (bicyclic) bond motifs is 2. The average molecular weight is 469 g/mol. The van der Waals surface area contributed by atoms with Crippen LogP contribution in [-0.4, -0.2) is 43.7 Å². The lowest BCUT2D eigenvalue weighted by molar-refractivity contribution is 0.143. The Hall–Kier alpha value is -1.03. The minimum absolute atomic E-state index is 0.0735. The standard InChI is InChI=1S/C18H21BrN4O2S2/c19-14-8-11-2-6-23(9-13(11)26-14)17-20-12-3-7-27(25)15(12)16(21-17)22-18(10-24)4-1-5-18/h8,24H,1-7,9-10H2,(H,20,21,22)/t27-/m0/s1. The first-order valence-corrected chi connectivity index (χ1v) is 12.2. The van der Waals surface area contributed by atoms with E-state index in [0.29, 0.717) is 17.5 Å². The molecule has 0 radical (unpaired) electrons. The number of aryl methyl sites for hydroxylation is 1. The van der Waals surface area contributed by atoms with Gasteiger partial charge in [0.25, 0.3) is 0 Å². The van der Waals surface area contributed by atoms with E-state index in [1.807, 2.05) is 0 Å². The molecular formula is C18H21BrN4O2S2. The summed E-state index contributed by atoms with van der Waals surface area (Å²) in [5, 5.41) is 13.3. The van der Waals surface area contributed by atoms with Gasteiger partial charge in [-0.15, -0.1) is 11.3 Å². The van der Waals surface area contributed by atoms with Crippen LogP contribution in [0.3, 0.4) is 0 Å². The molecule has 144 valence electrons. The summed E-state index contributed by atoms with van der Waals surface area (Å²) in [5.74, 6) is 1.98. The summed E-state index contributed by atoms with van der Waals surface area (Å²) >= 11 is 5.35. The second-order valence-corrected chi connectivity index (χ2v) is 11.6. The van der Waals surface area contributed by atoms with Gasteiger partial charge < -0.3 is 15.3 Å². The van der Waals surface area contributed by atoms with Crippen LogP contribution in [0.2, 0.25) is 0 Å². The van der Waals surface area contributed by atoms with E-state index in [1.54, 1.807) is 11.3 Å². The highest BCUT2D eigenvalue weighted by Gasteiger charge is 2.39. The summed E-state index contributed by atoms with van der Waals surface area (Å²) < 4.78 is 13.7. The van der Waals surface area contributed by atoms with Crippen LogP contribution < -0.4 is 10.2 Å². The van der Waals surface area contributed by atoms with Gasteiger partial charge in [0.15, 0.2) is 0 Å². The van der Waals surface area contributed by atoms with Crippen LogP contribution in [0.4, 0.5) is 11.8 Å². The minimum atomic E-state index is -1.06. The van der Waals surface area contributed by atoms with Crippen LogP contribution in [0.15, 0.2) is 14.7 Å². The predicted octanol–water partition coefficient (Wildman–Crippen LogP) is 2.85. The van der Waals surface area contributed by atoms with E-state index in [4.69, 9.17) is 9.97 Å². The quantitative estimate of drug-likeness (QED) is 0.717. The molecule has 1 atom stereocenters. The largest absolute Gasteiger partial charge is 0.394 e. The first-order chi connectivity index (χ1) is 13.1. The van der Waals surface area contributed by atoms with Gasteiger partial charge in [-0.25, -0.2) is 4.98 Å². The number of hydrogen-bond acceptors (Lipinski definition) is 7. The highest BCUT2D eigenvalue weighted by atomic mass is 79.9. The van der Waals surface area contributed by atoms with Crippen molar-refractivity contribution in [1.29, 1.82) is 0 Å². The van der Waals surface area contributed by atoms with Crippen LogP contribution in [0, 0.1) is 0 Å². The number of hydrogen-bond donors (Lipinski definition) is 2. The van der Waals surface area contributed by atoms with Crippen LogP contribution in [-0.2, 0) is 30.2 Å². The minimum Gasteiger partial charge on any atom is -0.394 e. The highest BCUT2D eigenvalue weighted by Crippen LogP contribution is 2.39. The topological polar surface area (TPSA) is 78.4 Å². The maximum absolute atomic E-state index is 12.5. The molecule has 2 aliphatic heterocycles. The van der Waals surface area contributed by atoms with Crippen molar-refractivity contribution in [2.45, 2.75) is 49.1 Å². The van der Waals surface area contributed by atoms with Crippen molar-refractivity contribution in [2.24, 2.45) is 0 Å². The van der Waals surface area contributed by atoms with Gasteiger partial charge in [-0.1, -0.05) is 0 Å². The molecule has 0 aromatic carbocycles. The molecular weight excluding hydrogens is 448 g/mol. The Morgan fingerprint density at radius 1 is 1.37 bits per heavy atom. The fraction of sp³-hybridized carbons (Fsp3) is 0.556. The zero-order valence-corrected chi connectivity index (χ0v) is 18.1. The Bertz CT molecular complexity index is 923. The first kappa shape index (κ1) is 18.0. The second kappa shape index (κ2) is 6.79. The van der Waals surface area contributed by atoms with E-state index >= 15 is 0 Å². The van der Waals surface area contributed by atoms with E-state index < -0.39 is 10.8 Å². The number of thiophene rings is 1. The van der Waals surface area contributed by atoms with Crippen molar-refractivity contribution in [3.05, 3.63) is 26.0 Å². The van der Waals surface area contributed by atoms with E-state index in [1.165, 1.54) is 10.4 Å². The fourth-order valence-electron chi connectivity index (χ4n) is 4.04. The number of nitrogens with zero attached hydrogens (tertiary/aromatic N) is 3. The molecule has 1 aliphatic carbocycles. The SMILES string of the molecule is O=[S@]1CCc2nc(N3CCc4cc(Br)sc4C3)nc(NC3(CO)CCC3)c21. The molecule has 6 nitrogen and oxygen atoms in total. The third-order valence-corrected chi connectivity index (χ3v) is 8.93. The van der Waals surface area contributed by atoms with Crippen LogP contribution in [0.1, 0.15) is 35.4 Å². The average Bonchev–Trinajstić information content (AvgIpc) is 3.19. The van der Waals surface area contributed by atoms with Crippen LogP contribution in [0.25, 0.3) is 0 Å². The summed E-state index contributed by atoms with van der Waals surface area (Å²) in [4.78, 5) is 13.9. The molecule has 2 aromatic heterocycles. The van der Waals surface area contributed by atoms with Crippen LogP contribution in [0.5, 0.6) is 0 Å². The van der Waals surface area contributed by atoms with Crippen molar-refractivity contribution in [3.8, 4) is 0 Å². The van der Waals surface area contributed by atoms with E-state index in [9.17, 15) is 9.32 Å². The summed E-state index contributed by atoms with van der Waals surface area (Å²) in [5.41, 5.74) is 1.98. The number of anilines is 2. The van der Waals surface area contributed by atoms with Crippen molar-refractivity contribution in [3.63, 3.8) is 0 Å². The number of aliphatic hydroxyl groups excluding tert-OH is 1. The smallest absolute Gasteiger partial charge is 0.227 e. The lowest BCUT2D eigenvalue weighted by Crippen LogP contribution is -2.48. The summed E-state index contributed by atoms with van der Waals surface area (Å²) in [6.45, 7) is 1.75. The third-order valence-electron chi connectivity index (χ3n) is 5.81. The molecule has 27 heavy (non-hydrogen) atoms. The zero-order chi connectivity index (χ0) is 18.6. The Morgan fingerprint density at radius 3 is 2.96 bits per heavy atom. The maximum atomic E-state index is 12.5. The number of aromatic nitrogens is 2. The highest BCUT2D eigenvalue weighted by molar-refractivity contribution is 9.11. The van der Waals surface area contributed by atoms with Gasteiger partial charge in [-0.05, 0) is 53.2 Å². The molecule has 2 aromatic rings. The molecule has 1 fully saturated rings. The van der Waals surface area contributed by atoms with Gasteiger partial charge >= 0.3 is 0 Å². The Balaban J connectivity index is 1.50. The maximum Gasteiger partial charge on any atom is 0.227 e. The molecule has 0 spiro atoms. The molecule has 1 saturated carbocycles. The van der Waals surface area contributed by atoms with Gasteiger partial charge in [0, 0.05) is 23.6 Å².